The first-order valence-electron chi connectivity index (χ1n) is 7.00. The predicted octanol–water partition coefficient (Wildman–Crippen LogP) is 3.55. The van der Waals surface area contributed by atoms with Gasteiger partial charge in [0.2, 0.25) is 0 Å². The van der Waals surface area contributed by atoms with Gasteiger partial charge in [0.05, 0.1) is 0 Å². The molecule has 0 saturated carbocycles. The van der Waals surface area contributed by atoms with Gasteiger partial charge in [0, 0.05) is 24.5 Å². The fourth-order valence-electron chi connectivity index (χ4n) is 2.53. The Bertz CT molecular complexity index is 426. The molecule has 1 aliphatic carbocycles. The largest absolute Gasteiger partial charge is 0.508 e. The van der Waals surface area contributed by atoms with Crippen LogP contribution in [0.25, 0.3) is 0 Å². The molecule has 19 heavy (non-hydrogen) atoms. The van der Waals surface area contributed by atoms with Crippen molar-refractivity contribution in [2.75, 3.05) is 0 Å². The molecule has 0 unspecified atom stereocenters. The molecule has 1 heterocycles. The van der Waals surface area contributed by atoms with Crippen molar-refractivity contribution >= 4 is 0 Å². The van der Waals surface area contributed by atoms with Crippen molar-refractivity contribution in [1.82, 2.24) is 9.80 Å². The van der Waals surface area contributed by atoms with Gasteiger partial charge in [0.25, 0.3) is 0 Å². The summed E-state index contributed by atoms with van der Waals surface area (Å²) in [7, 11) is 0. The average Bonchev–Trinajstić information content (AvgIpc) is 2.83. The number of hydrogen-bond donors (Lipinski definition) is 1. The first kappa shape index (κ1) is 13.8. The highest BCUT2D eigenvalue weighted by Crippen LogP contribution is 2.29. The SMILES string of the molecule is CC(C)N1C=CN(C(C)C)C1/C(O)=C1/C=CC=CC1. The lowest BCUT2D eigenvalue weighted by atomic mass is 10.0. The van der Waals surface area contributed by atoms with Crippen molar-refractivity contribution < 1.29 is 5.11 Å². The van der Waals surface area contributed by atoms with Gasteiger partial charge in [-0.05, 0) is 39.7 Å². The van der Waals surface area contributed by atoms with Crippen molar-refractivity contribution in [2.24, 2.45) is 0 Å². The summed E-state index contributed by atoms with van der Waals surface area (Å²) in [5, 5.41) is 10.7. The van der Waals surface area contributed by atoms with Gasteiger partial charge in [0.15, 0.2) is 6.17 Å². The van der Waals surface area contributed by atoms with Crippen LogP contribution in [-0.4, -0.2) is 33.2 Å². The third kappa shape index (κ3) is 2.70. The van der Waals surface area contributed by atoms with Crippen LogP contribution in [0.1, 0.15) is 34.1 Å². The lowest BCUT2D eigenvalue weighted by molar-refractivity contribution is 0.0935. The summed E-state index contributed by atoms with van der Waals surface area (Å²) in [6.07, 6.45) is 13.0. The topological polar surface area (TPSA) is 26.7 Å². The third-order valence-corrected chi connectivity index (χ3v) is 3.62. The Kier molecular flexibility index (Phi) is 4.03. The van der Waals surface area contributed by atoms with E-state index in [0.717, 1.165) is 12.0 Å². The number of nitrogens with zero attached hydrogens (tertiary/aromatic N) is 2. The van der Waals surface area contributed by atoms with E-state index in [1.165, 1.54) is 0 Å². The van der Waals surface area contributed by atoms with Crippen molar-refractivity contribution in [3.63, 3.8) is 0 Å². The standard InChI is InChI=1S/C16H24N2O/c1-12(2)17-10-11-18(13(3)4)16(17)15(19)14-8-6-5-7-9-14/h5-8,10-13,16,19H,9H2,1-4H3/b15-14+. The van der Waals surface area contributed by atoms with Crippen LogP contribution >= 0.6 is 0 Å². The van der Waals surface area contributed by atoms with Gasteiger partial charge in [-0.15, -0.1) is 0 Å². The highest BCUT2D eigenvalue weighted by molar-refractivity contribution is 5.34. The van der Waals surface area contributed by atoms with Crippen LogP contribution in [0.15, 0.2) is 48.0 Å². The van der Waals surface area contributed by atoms with Crippen LogP contribution < -0.4 is 0 Å². The molecule has 2 rings (SSSR count). The van der Waals surface area contributed by atoms with E-state index in [2.05, 4.69) is 56.0 Å². The van der Waals surface area contributed by atoms with E-state index in [9.17, 15) is 5.11 Å². The summed E-state index contributed by atoms with van der Waals surface area (Å²) in [6, 6.07) is 0.715. The highest BCUT2D eigenvalue weighted by Gasteiger charge is 2.33. The smallest absolute Gasteiger partial charge is 0.161 e. The Labute approximate surface area is 116 Å². The molecule has 3 heteroatoms. The Balaban J connectivity index is 2.32. The molecule has 0 bridgehead atoms. The van der Waals surface area contributed by atoms with E-state index in [1.54, 1.807) is 0 Å². The third-order valence-electron chi connectivity index (χ3n) is 3.62. The normalized spacial score (nSPS) is 22.2. The van der Waals surface area contributed by atoms with E-state index in [-0.39, 0.29) is 6.17 Å². The van der Waals surface area contributed by atoms with Gasteiger partial charge in [-0.25, -0.2) is 0 Å². The van der Waals surface area contributed by atoms with Crippen molar-refractivity contribution in [3.8, 4) is 0 Å². The minimum atomic E-state index is -0.0776. The van der Waals surface area contributed by atoms with Gasteiger partial charge in [-0.3, -0.25) is 0 Å². The van der Waals surface area contributed by atoms with Crippen LogP contribution in [0.2, 0.25) is 0 Å². The molecule has 0 amide bonds. The quantitative estimate of drug-likeness (QED) is 0.786. The number of aliphatic hydroxyl groups is 1. The van der Waals surface area contributed by atoms with E-state index in [0.29, 0.717) is 17.8 Å². The molecule has 0 atom stereocenters. The molecular weight excluding hydrogens is 236 g/mol. The number of hydrogen-bond acceptors (Lipinski definition) is 3. The second-order valence-electron chi connectivity index (χ2n) is 5.66. The molecule has 0 fully saturated rings. The van der Waals surface area contributed by atoms with Crippen molar-refractivity contribution in [3.05, 3.63) is 48.0 Å². The van der Waals surface area contributed by atoms with Crippen molar-refractivity contribution in [1.29, 1.82) is 0 Å². The molecular formula is C16H24N2O. The van der Waals surface area contributed by atoms with Gasteiger partial charge in [-0.1, -0.05) is 24.3 Å². The van der Waals surface area contributed by atoms with Gasteiger partial charge in [0.1, 0.15) is 5.76 Å². The maximum Gasteiger partial charge on any atom is 0.161 e. The highest BCUT2D eigenvalue weighted by atomic mass is 16.3. The molecule has 3 nitrogen and oxygen atoms in total. The molecule has 0 saturated heterocycles. The molecule has 2 aliphatic rings. The lowest BCUT2D eigenvalue weighted by Gasteiger charge is -2.37. The molecule has 0 spiro atoms. The minimum Gasteiger partial charge on any atom is -0.508 e. The second kappa shape index (κ2) is 5.55. The number of allylic oxidation sites excluding steroid dienone is 5. The van der Waals surface area contributed by atoms with Crippen LogP contribution in [0.3, 0.4) is 0 Å². The summed E-state index contributed by atoms with van der Waals surface area (Å²) < 4.78 is 0. The Morgan fingerprint density at radius 3 is 2.11 bits per heavy atom. The molecule has 0 radical (unpaired) electrons. The van der Waals surface area contributed by atoms with Crippen LogP contribution in [-0.2, 0) is 0 Å². The zero-order chi connectivity index (χ0) is 14.0. The molecule has 0 aromatic carbocycles. The lowest BCUT2D eigenvalue weighted by Crippen LogP contribution is -2.46. The van der Waals surface area contributed by atoms with Gasteiger partial charge in [-0.2, -0.15) is 0 Å². The number of rotatable bonds is 3. The van der Waals surface area contributed by atoms with E-state index in [4.69, 9.17) is 0 Å². The molecule has 104 valence electrons. The average molecular weight is 260 g/mol. The molecule has 1 aliphatic heterocycles. The first-order valence-corrected chi connectivity index (χ1v) is 7.00. The second-order valence-corrected chi connectivity index (χ2v) is 5.66. The minimum absolute atomic E-state index is 0.0776. The zero-order valence-electron chi connectivity index (χ0n) is 12.2. The summed E-state index contributed by atoms with van der Waals surface area (Å²) in [5.41, 5.74) is 1.01. The van der Waals surface area contributed by atoms with Crippen LogP contribution in [0.5, 0.6) is 0 Å². The fraction of sp³-hybridized carbons (Fsp3) is 0.500. The Hall–Kier alpha value is -1.64. The van der Waals surface area contributed by atoms with E-state index in [1.807, 2.05) is 18.2 Å². The summed E-state index contributed by atoms with van der Waals surface area (Å²) in [4.78, 5) is 4.41. The predicted molar refractivity (Wildman–Crippen MR) is 79.4 cm³/mol. The monoisotopic (exact) mass is 260 g/mol. The number of aliphatic hydroxyl groups excluding tert-OH is 1. The Morgan fingerprint density at radius 2 is 1.68 bits per heavy atom. The maximum atomic E-state index is 10.7. The molecule has 0 aromatic rings. The first-order chi connectivity index (χ1) is 9.02. The Morgan fingerprint density at radius 1 is 1.11 bits per heavy atom. The zero-order valence-corrected chi connectivity index (χ0v) is 12.2. The van der Waals surface area contributed by atoms with Crippen LogP contribution in [0.4, 0.5) is 0 Å². The summed E-state index contributed by atoms with van der Waals surface area (Å²) >= 11 is 0. The van der Waals surface area contributed by atoms with Crippen LogP contribution in [0, 0.1) is 0 Å². The van der Waals surface area contributed by atoms with Crippen molar-refractivity contribution in [2.45, 2.75) is 52.4 Å². The fourth-order valence-corrected chi connectivity index (χ4v) is 2.53. The molecule has 0 aromatic heterocycles. The maximum absolute atomic E-state index is 10.7. The molecule has 1 N–H and O–H groups in total. The summed E-state index contributed by atoms with van der Waals surface area (Å²) in [6.45, 7) is 8.59. The van der Waals surface area contributed by atoms with Gasteiger partial charge < -0.3 is 14.9 Å². The van der Waals surface area contributed by atoms with E-state index < -0.39 is 0 Å². The van der Waals surface area contributed by atoms with E-state index >= 15 is 0 Å². The van der Waals surface area contributed by atoms with Gasteiger partial charge >= 0.3 is 0 Å². The summed E-state index contributed by atoms with van der Waals surface area (Å²) in [5.74, 6) is 0.466.